The molecule has 4 nitrogen and oxygen atoms in total. The molecule has 0 saturated heterocycles. The molecule has 0 atom stereocenters. The standard InChI is InChI=1S/C8H10INO3/c1-4-5(2-3-11)6(8(12)13)10-7(4)9/h10-11H,2-3H2,1H3,(H,12,13). The first-order valence-corrected chi connectivity index (χ1v) is 4.87. The molecule has 0 bridgehead atoms. The molecule has 72 valence electrons. The molecule has 0 unspecified atom stereocenters. The fraction of sp³-hybridized carbons (Fsp3) is 0.375. The average molecular weight is 295 g/mol. The third kappa shape index (κ3) is 2.02. The summed E-state index contributed by atoms with van der Waals surface area (Å²) in [5, 5.41) is 17.6. The lowest BCUT2D eigenvalue weighted by atomic mass is 10.1. The highest BCUT2D eigenvalue weighted by molar-refractivity contribution is 14.1. The quantitative estimate of drug-likeness (QED) is 0.733. The number of nitrogens with one attached hydrogen (secondary N) is 1. The first kappa shape index (κ1) is 10.5. The van der Waals surface area contributed by atoms with Crippen molar-refractivity contribution in [2.24, 2.45) is 0 Å². The smallest absolute Gasteiger partial charge is 0.352 e. The molecule has 0 aliphatic carbocycles. The number of aromatic carboxylic acids is 1. The maximum absolute atomic E-state index is 10.7. The zero-order valence-corrected chi connectivity index (χ0v) is 9.25. The number of halogens is 1. The molecule has 3 N–H and O–H groups in total. The highest BCUT2D eigenvalue weighted by Crippen LogP contribution is 2.20. The van der Waals surface area contributed by atoms with E-state index < -0.39 is 5.97 Å². The molecule has 0 amide bonds. The number of aliphatic hydroxyl groups excluding tert-OH is 1. The second kappa shape index (κ2) is 4.10. The Morgan fingerprint density at radius 3 is 2.69 bits per heavy atom. The van der Waals surface area contributed by atoms with E-state index in [1.807, 2.05) is 29.5 Å². The second-order valence-electron chi connectivity index (χ2n) is 2.70. The number of rotatable bonds is 3. The number of H-pyrrole nitrogens is 1. The van der Waals surface area contributed by atoms with Crippen LogP contribution in [0, 0.1) is 10.6 Å². The van der Waals surface area contributed by atoms with Crippen LogP contribution in [-0.4, -0.2) is 27.8 Å². The predicted octanol–water partition coefficient (Wildman–Crippen LogP) is 1.16. The van der Waals surface area contributed by atoms with Crippen LogP contribution in [0.2, 0.25) is 0 Å². The molecule has 0 fully saturated rings. The van der Waals surface area contributed by atoms with Gasteiger partial charge in [0, 0.05) is 6.61 Å². The van der Waals surface area contributed by atoms with E-state index in [0.29, 0.717) is 12.0 Å². The van der Waals surface area contributed by atoms with Gasteiger partial charge in [0.2, 0.25) is 0 Å². The van der Waals surface area contributed by atoms with Gasteiger partial charge in [-0.05, 0) is 47.1 Å². The minimum absolute atomic E-state index is 0.0327. The Bertz CT molecular complexity index is 332. The Labute approximate surface area is 89.1 Å². The first-order chi connectivity index (χ1) is 6.07. The first-order valence-electron chi connectivity index (χ1n) is 3.79. The van der Waals surface area contributed by atoms with Crippen LogP contribution >= 0.6 is 22.6 Å². The van der Waals surface area contributed by atoms with Crippen molar-refractivity contribution in [2.45, 2.75) is 13.3 Å². The van der Waals surface area contributed by atoms with Gasteiger partial charge in [0.05, 0.1) is 3.70 Å². The van der Waals surface area contributed by atoms with Crippen LogP contribution in [0.1, 0.15) is 21.6 Å². The second-order valence-corrected chi connectivity index (χ2v) is 3.78. The third-order valence-corrected chi connectivity index (χ3v) is 2.97. The van der Waals surface area contributed by atoms with Crippen LogP contribution in [0.25, 0.3) is 0 Å². The van der Waals surface area contributed by atoms with E-state index in [9.17, 15) is 4.79 Å². The van der Waals surface area contributed by atoms with Gasteiger partial charge < -0.3 is 15.2 Å². The molecular weight excluding hydrogens is 285 g/mol. The summed E-state index contributed by atoms with van der Waals surface area (Å²) in [5.74, 6) is -0.977. The van der Waals surface area contributed by atoms with Crippen molar-refractivity contribution in [3.8, 4) is 0 Å². The summed E-state index contributed by atoms with van der Waals surface area (Å²) in [6.07, 6.45) is 0.382. The van der Waals surface area contributed by atoms with Gasteiger partial charge in [0.1, 0.15) is 5.69 Å². The summed E-state index contributed by atoms with van der Waals surface area (Å²) in [5.41, 5.74) is 1.79. The summed E-state index contributed by atoms with van der Waals surface area (Å²) in [6, 6.07) is 0. The Hall–Kier alpha value is -0.560. The third-order valence-electron chi connectivity index (χ3n) is 1.89. The van der Waals surface area contributed by atoms with Crippen LogP contribution in [0.15, 0.2) is 0 Å². The monoisotopic (exact) mass is 295 g/mol. The molecule has 0 aromatic carbocycles. The molecule has 13 heavy (non-hydrogen) atoms. The zero-order chi connectivity index (χ0) is 10.0. The van der Waals surface area contributed by atoms with Gasteiger partial charge in [-0.2, -0.15) is 0 Å². The number of carboxylic acid groups (broad SMARTS) is 1. The Morgan fingerprint density at radius 1 is 1.62 bits per heavy atom. The minimum Gasteiger partial charge on any atom is -0.477 e. The van der Waals surface area contributed by atoms with Gasteiger partial charge in [-0.25, -0.2) is 4.79 Å². The number of aliphatic hydroxyl groups is 1. The normalized spacial score (nSPS) is 10.4. The largest absolute Gasteiger partial charge is 0.477 e. The van der Waals surface area contributed by atoms with Gasteiger partial charge in [-0.3, -0.25) is 0 Å². The SMILES string of the molecule is Cc1c(I)[nH]c(C(=O)O)c1CCO. The van der Waals surface area contributed by atoms with Crippen molar-refractivity contribution < 1.29 is 15.0 Å². The molecule has 0 aliphatic heterocycles. The van der Waals surface area contributed by atoms with Crippen molar-refractivity contribution in [1.29, 1.82) is 0 Å². The van der Waals surface area contributed by atoms with Crippen molar-refractivity contribution in [2.75, 3.05) is 6.61 Å². The molecular formula is C8H10INO3. The highest BCUT2D eigenvalue weighted by atomic mass is 127. The molecule has 0 saturated carbocycles. The van der Waals surface area contributed by atoms with Crippen LogP contribution in [-0.2, 0) is 6.42 Å². The van der Waals surface area contributed by atoms with E-state index in [1.54, 1.807) is 0 Å². The number of hydrogen-bond acceptors (Lipinski definition) is 2. The molecule has 1 rings (SSSR count). The van der Waals surface area contributed by atoms with E-state index in [4.69, 9.17) is 10.2 Å². The lowest BCUT2D eigenvalue weighted by Crippen LogP contribution is -2.03. The summed E-state index contributed by atoms with van der Waals surface area (Å²) in [4.78, 5) is 13.5. The van der Waals surface area contributed by atoms with Gasteiger partial charge in [0.15, 0.2) is 0 Å². The molecule has 1 aromatic heterocycles. The van der Waals surface area contributed by atoms with Gasteiger partial charge >= 0.3 is 5.97 Å². The Morgan fingerprint density at radius 2 is 2.23 bits per heavy atom. The van der Waals surface area contributed by atoms with Crippen LogP contribution in [0.3, 0.4) is 0 Å². The van der Waals surface area contributed by atoms with E-state index >= 15 is 0 Å². The molecule has 0 radical (unpaired) electrons. The molecule has 5 heteroatoms. The van der Waals surface area contributed by atoms with E-state index in [2.05, 4.69) is 4.98 Å². The van der Waals surface area contributed by atoms with Crippen molar-refractivity contribution >= 4 is 28.6 Å². The van der Waals surface area contributed by atoms with Crippen LogP contribution < -0.4 is 0 Å². The van der Waals surface area contributed by atoms with Crippen molar-refractivity contribution in [1.82, 2.24) is 4.98 Å². The van der Waals surface area contributed by atoms with Gasteiger partial charge in [-0.1, -0.05) is 0 Å². The van der Waals surface area contributed by atoms with E-state index in [-0.39, 0.29) is 12.3 Å². The average Bonchev–Trinajstić information content (AvgIpc) is 2.33. The van der Waals surface area contributed by atoms with E-state index in [1.165, 1.54) is 0 Å². The highest BCUT2D eigenvalue weighted by Gasteiger charge is 2.16. The maximum atomic E-state index is 10.7. The van der Waals surface area contributed by atoms with Crippen LogP contribution in [0.5, 0.6) is 0 Å². The van der Waals surface area contributed by atoms with Crippen molar-refractivity contribution in [3.63, 3.8) is 0 Å². The summed E-state index contributed by atoms with van der Waals surface area (Å²) in [6.45, 7) is 1.81. The van der Waals surface area contributed by atoms with Gasteiger partial charge in [-0.15, -0.1) is 0 Å². The fourth-order valence-corrected chi connectivity index (χ4v) is 1.80. The molecule has 1 aromatic rings. The number of carboxylic acids is 1. The summed E-state index contributed by atoms with van der Waals surface area (Å²) >= 11 is 2.04. The summed E-state index contributed by atoms with van der Waals surface area (Å²) in [7, 11) is 0. The maximum Gasteiger partial charge on any atom is 0.352 e. The lowest BCUT2D eigenvalue weighted by Gasteiger charge is -1.98. The van der Waals surface area contributed by atoms with Gasteiger partial charge in [0.25, 0.3) is 0 Å². The zero-order valence-electron chi connectivity index (χ0n) is 7.09. The Kier molecular flexibility index (Phi) is 3.32. The lowest BCUT2D eigenvalue weighted by molar-refractivity contribution is 0.0689. The number of aromatic nitrogens is 1. The fourth-order valence-electron chi connectivity index (χ4n) is 1.21. The Balaban J connectivity index is 3.18. The number of aromatic amines is 1. The van der Waals surface area contributed by atoms with Crippen molar-refractivity contribution in [3.05, 3.63) is 20.5 Å². The molecule has 0 aliphatic rings. The predicted molar refractivity (Wildman–Crippen MR) is 56.0 cm³/mol. The topological polar surface area (TPSA) is 73.3 Å². The molecule has 1 heterocycles. The number of carbonyl (C=O) groups is 1. The minimum atomic E-state index is -0.977. The van der Waals surface area contributed by atoms with Crippen LogP contribution in [0.4, 0.5) is 0 Å². The van der Waals surface area contributed by atoms with E-state index in [0.717, 1.165) is 9.26 Å². The summed E-state index contributed by atoms with van der Waals surface area (Å²) < 4.78 is 0.818. The molecule has 0 spiro atoms. The number of hydrogen-bond donors (Lipinski definition) is 3.